The van der Waals surface area contributed by atoms with Gasteiger partial charge in [0, 0.05) is 38.7 Å². The van der Waals surface area contributed by atoms with E-state index in [0.717, 1.165) is 44.7 Å². The second-order valence-electron chi connectivity index (χ2n) is 15.8. The van der Waals surface area contributed by atoms with Gasteiger partial charge in [-0.2, -0.15) is 0 Å². The van der Waals surface area contributed by atoms with Crippen molar-refractivity contribution < 1.29 is 52.3 Å². The number of esters is 1. The lowest BCUT2D eigenvalue weighted by Gasteiger charge is -2.39. The summed E-state index contributed by atoms with van der Waals surface area (Å²) < 4.78 is 46.2. The Kier molecular flexibility index (Phi) is 12.0. The van der Waals surface area contributed by atoms with Crippen LogP contribution in [0.4, 0.5) is 0 Å². The summed E-state index contributed by atoms with van der Waals surface area (Å²) >= 11 is 0. The Morgan fingerprint density at radius 1 is 0.750 bits per heavy atom. The molecule has 6 unspecified atom stereocenters. The minimum absolute atomic E-state index is 0.0903. The van der Waals surface area contributed by atoms with Crippen molar-refractivity contribution in [3.63, 3.8) is 0 Å². The Morgan fingerprint density at radius 3 is 2.00 bits per heavy atom. The van der Waals surface area contributed by atoms with Crippen LogP contribution in [0.3, 0.4) is 0 Å². The van der Waals surface area contributed by atoms with Gasteiger partial charge in [0.1, 0.15) is 23.5 Å². The first-order valence-corrected chi connectivity index (χ1v) is 20.0. The van der Waals surface area contributed by atoms with Crippen molar-refractivity contribution in [1.29, 1.82) is 0 Å². The van der Waals surface area contributed by atoms with Gasteiger partial charge in [0.15, 0.2) is 23.0 Å². The molecule has 3 aromatic carbocycles. The van der Waals surface area contributed by atoms with E-state index < -0.39 is 41.6 Å². The molecule has 3 aromatic rings. The van der Waals surface area contributed by atoms with Crippen LogP contribution in [0.5, 0.6) is 28.7 Å². The molecule has 0 saturated carbocycles. The summed E-state index contributed by atoms with van der Waals surface area (Å²) in [5.74, 6) is 1.17. The molecule has 3 aliphatic heterocycles. The van der Waals surface area contributed by atoms with Gasteiger partial charge < -0.3 is 47.7 Å². The zero-order valence-electron chi connectivity index (χ0n) is 36.0. The molecule has 0 spiro atoms. The van der Waals surface area contributed by atoms with Crippen molar-refractivity contribution in [2.75, 3.05) is 49.8 Å². The SMILES string of the molecule is COC(=O)C1Cc2cc(OC)c(OC)cc2CN1C(=O)C=CC1=CC(OC)C2(C)OC(c3ccc(OC)c(OC)c3)C(C(=O)N3Cc4cc(C)c(OC)cc4CC3C)C2=C1. The minimum Gasteiger partial charge on any atom is -0.496 e. The lowest BCUT2D eigenvalue weighted by molar-refractivity contribution is -0.152. The van der Waals surface area contributed by atoms with E-state index in [4.69, 9.17) is 37.9 Å². The summed E-state index contributed by atoms with van der Waals surface area (Å²) in [5.41, 5.74) is 5.97. The zero-order chi connectivity index (χ0) is 43.0. The number of aryl methyl sites for hydroxylation is 1. The number of carbonyl (C=O) groups is 3. The van der Waals surface area contributed by atoms with Crippen LogP contribution in [-0.2, 0) is 54.5 Å². The number of allylic oxidation sites excluding steroid dienone is 3. The van der Waals surface area contributed by atoms with E-state index in [0.29, 0.717) is 41.5 Å². The van der Waals surface area contributed by atoms with Crippen LogP contribution in [0.2, 0.25) is 0 Å². The second-order valence-corrected chi connectivity index (χ2v) is 15.8. The van der Waals surface area contributed by atoms with Crippen molar-refractivity contribution in [3.05, 3.63) is 111 Å². The Balaban J connectivity index is 1.26. The summed E-state index contributed by atoms with van der Waals surface area (Å²) in [6, 6.07) is 12.4. The summed E-state index contributed by atoms with van der Waals surface area (Å²) in [7, 11) is 10.8. The largest absolute Gasteiger partial charge is 0.496 e. The first-order chi connectivity index (χ1) is 28.8. The third-order valence-corrected chi connectivity index (χ3v) is 12.4. The molecule has 0 N–H and O–H groups in total. The van der Waals surface area contributed by atoms with Crippen LogP contribution in [0.25, 0.3) is 0 Å². The predicted molar refractivity (Wildman–Crippen MR) is 222 cm³/mol. The molecular formula is C47H54N2O11. The number of methoxy groups -OCH3 is 7. The Bertz CT molecular complexity index is 2280. The van der Waals surface area contributed by atoms with Crippen molar-refractivity contribution in [1.82, 2.24) is 9.80 Å². The third-order valence-electron chi connectivity index (χ3n) is 12.4. The van der Waals surface area contributed by atoms with Crippen LogP contribution in [0, 0.1) is 12.8 Å². The quantitative estimate of drug-likeness (QED) is 0.166. The van der Waals surface area contributed by atoms with E-state index in [2.05, 4.69) is 19.1 Å². The van der Waals surface area contributed by atoms with Crippen LogP contribution in [-0.4, -0.2) is 101 Å². The van der Waals surface area contributed by atoms with Crippen LogP contribution in [0.15, 0.2) is 77.9 Å². The molecule has 318 valence electrons. The fourth-order valence-electron chi connectivity index (χ4n) is 9.19. The number of ether oxygens (including phenoxy) is 8. The molecule has 2 amide bonds. The third kappa shape index (κ3) is 7.49. The molecule has 7 rings (SSSR count). The monoisotopic (exact) mass is 822 g/mol. The van der Waals surface area contributed by atoms with Crippen molar-refractivity contribution >= 4 is 17.8 Å². The fourth-order valence-corrected chi connectivity index (χ4v) is 9.19. The molecule has 4 aliphatic rings. The number of hydrogen-bond acceptors (Lipinski definition) is 11. The molecule has 13 nitrogen and oxygen atoms in total. The molecular weight excluding hydrogens is 769 g/mol. The van der Waals surface area contributed by atoms with Gasteiger partial charge in [0.2, 0.25) is 11.8 Å². The molecule has 60 heavy (non-hydrogen) atoms. The Hall–Kier alpha value is -5.79. The highest BCUT2D eigenvalue weighted by Crippen LogP contribution is 2.54. The average Bonchev–Trinajstić information content (AvgIpc) is 3.58. The molecule has 1 fully saturated rings. The number of rotatable bonds is 11. The van der Waals surface area contributed by atoms with Crippen molar-refractivity contribution in [3.8, 4) is 28.7 Å². The van der Waals surface area contributed by atoms with Crippen molar-refractivity contribution in [2.45, 2.75) is 76.6 Å². The van der Waals surface area contributed by atoms with E-state index >= 15 is 4.79 Å². The van der Waals surface area contributed by atoms with E-state index in [-0.39, 0.29) is 24.9 Å². The topological polar surface area (TPSA) is 132 Å². The van der Waals surface area contributed by atoms with E-state index in [1.807, 2.05) is 61.2 Å². The number of nitrogens with zero attached hydrogens (tertiary/aromatic N) is 2. The number of benzene rings is 3. The van der Waals surface area contributed by atoms with Gasteiger partial charge in [-0.25, -0.2) is 4.79 Å². The molecule has 13 heteroatoms. The maximum Gasteiger partial charge on any atom is 0.328 e. The molecule has 3 heterocycles. The highest BCUT2D eigenvalue weighted by atomic mass is 16.6. The van der Waals surface area contributed by atoms with Gasteiger partial charge in [-0.1, -0.05) is 18.2 Å². The minimum atomic E-state index is -1.05. The zero-order valence-corrected chi connectivity index (χ0v) is 36.0. The number of amides is 2. The summed E-state index contributed by atoms with van der Waals surface area (Å²) in [5, 5.41) is 0. The highest BCUT2D eigenvalue weighted by molar-refractivity contribution is 5.93. The maximum atomic E-state index is 15.3. The molecule has 0 bridgehead atoms. The lowest BCUT2D eigenvalue weighted by Crippen LogP contribution is -2.48. The Morgan fingerprint density at radius 2 is 1.35 bits per heavy atom. The first-order valence-electron chi connectivity index (χ1n) is 20.0. The van der Waals surface area contributed by atoms with Crippen LogP contribution >= 0.6 is 0 Å². The molecule has 0 radical (unpaired) electrons. The molecule has 6 atom stereocenters. The smallest absolute Gasteiger partial charge is 0.328 e. The predicted octanol–water partition coefficient (Wildman–Crippen LogP) is 6.02. The van der Waals surface area contributed by atoms with E-state index in [1.165, 1.54) is 18.1 Å². The van der Waals surface area contributed by atoms with Crippen molar-refractivity contribution in [2.24, 2.45) is 5.92 Å². The van der Waals surface area contributed by atoms with Crippen LogP contribution in [0.1, 0.15) is 53.3 Å². The van der Waals surface area contributed by atoms with Gasteiger partial charge in [-0.3, -0.25) is 9.59 Å². The fraction of sp³-hybridized carbons (Fsp3) is 0.426. The number of carbonyl (C=O) groups excluding carboxylic acids is 3. The summed E-state index contributed by atoms with van der Waals surface area (Å²) in [6.45, 7) is 6.58. The average molecular weight is 823 g/mol. The molecule has 1 aliphatic carbocycles. The molecule has 1 saturated heterocycles. The first kappa shape index (κ1) is 42.3. The summed E-state index contributed by atoms with van der Waals surface area (Å²) in [4.78, 5) is 46.0. The second kappa shape index (κ2) is 17.1. The number of fused-ring (bicyclic) bond motifs is 3. The Labute approximate surface area is 351 Å². The van der Waals surface area contributed by atoms with Crippen LogP contribution < -0.4 is 23.7 Å². The van der Waals surface area contributed by atoms with E-state index in [9.17, 15) is 9.59 Å². The highest BCUT2D eigenvalue weighted by Gasteiger charge is 2.57. The normalized spacial score (nSPS) is 24.4. The van der Waals surface area contributed by atoms with E-state index in [1.54, 1.807) is 48.7 Å². The summed E-state index contributed by atoms with van der Waals surface area (Å²) in [6.07, 6.45) is 6.51. The van der Waals surface area contributed by atoms with Gasteiger partial charge in [-0.15, -0.1) is 0 Å². The standard InChI is InChI=1S/C47H54N2O11/c1-26-15-32-24-48(27(2)16-30(32)21-37(26)54-5)45(51)43-34-17-28(18-41(58-9)47(34,3)60-44(43)29-12-13-36(53-4)38(20-29)55-6)11-14-42(50)49-25-33-23-40(57-8)39(56-7)22-31(33)19-35(49)46(52)59-10/h11-15,17-18,20-23,27,35,41,43-44H,16,19,24-25H2,1-10H3. The van der Waals surface area contributed by atoms with Gasteiger partial charge >= 0.3 is 5.97 Å². The molecule has 0 aromatic heterocycles. The van der Waals surface area contributed by atoms with Gasteiger partial charge in [0.25, 0.3) is 0 Å². The van der Waals surface area contributed by atoms with Gasteiger partial charge in [-0.05, 0) is 114 Å². The van der Waals surface area contributed by atoms with Gasteiger partial charge in [0.05, 0.1) is 54.7 Å². The number of hydrogen-bond donors (Lipinski definition) is 0. The lowest BCUT2D eigenvalue weighted by atomic mass is 9.76. The maximum absolute atomic E-state index is 15.3.